The van der Waals surface area contributed by atoms with Gasteiger partial charge in [0.15, 0.2) is 11.5 Å². The van der Waals surface area contributed by atoms with E-state index in [1.165, 1.54) is 18.2 Å². The summed E-state index contributed by atoms with van der Waals surface area (Å²) in [6, 6.07) is 3.99. The van der Waals surface area contributed by atoms with Gasteiger partial charge >= 0.3 is 12.1 Å². The molecule has 43 heavy (non-hydrogen) atoms. The number of benzene rings is 1. The summed E-state index contributed by atoms with van der Waals surface area (Å²) in [4.78, 5) is 37.4. The van der Waals surface area contributed by atoms with Crippen LogP contribution in [-0.4, -0.2) is 64.4 Å². The lowest BCUT2D eigenvalue weighted by molar-refractivity contribution is -0.152. The maximum Gasteiger partial charge on any atom is 0.435 e. The van der Waals surface area contributed by atoms with Crippen molar-refractivity contribution in [2.75, 3.05) is 11.6 Å². The molecule has 0 aliphatic heterocycles. The van der Waals surface area contributed by atoms with Gasteiger partial charge in [0, 0.05) is 12.1 Å². The summed E-state index contributed by atoms with van der Waals surface area (Å²) in [5.41, 5.74) is 9.22. The molecule has 1 aromatic carbocycles. The summed E-state index contributed by atoms with van der Waals surface area (Å²) in [5.74, 6) is -1.81. The fraction of sp³-hybridized carbons (Fsp3) is 0.556. The average Bonchev–Trinajstić information content (AvgIpc) is 3.26. The fourth-order valence-corrected chi connectivity index (χ4v) is 5.38. The van der Waals surface area contributed by atoms with Crippen molar-refractivity contribution in [3.63, 3.8) is 0 Å². The van der Waals surface area contributed by atoms with Crippen molar-refractivity contribution in [1.82, 2.24) is 9.78 Å². The molecule has 1 amide bonds. The molecule has 0 bridgehead atoms. The zero-order valence-corrected chi connectivity index (χ0v) is 24.6. The number of nitrogens with zero attached hydrogens (tertiary/aromatic N) is 2. The lowest BCUT2D eigenvalue weighted by atomic mass is 9.75. The molecule has 0 spiro atoms. The van der Waals surface area contributed by atoms with Gasteiger partial charge in [0.05, 0.1) is 34.8 Å². The highest BCUT2D eigenvalue weighted by Gasteiger charge is 2.49. The number of aromatic nitrogens is 2. The zero-order chi connectivity index (χ0) is 32.1. The van der Waals surface area contributed by atoms with E-state index >= 15 is 0 Å². The van der Waals surface area contributed by atoms with Crippen LogP contribution in [0.3, 0.4) is 0 Å². The summed E-state index contributed by atoms with van der Waals surface area (Å²) < 4.78 is 74.3. The molecule has 0 unspecified atom stereocenters. The maximum atomic E-state index is 13.9. The van der Waals surface area contributed by atoms with Crippen LogP contribution in [0.25, 0.3) is 5.69 Å². The second-order valence-electron chi connectivity index (χ2n) is 12.1. The number of carbonyl (C=O) groups excluding carboxylic acids is 3. The summed E-state index contributed by atoms with van der Waals surface area (Å²) in [6.45, 7) is 3.63. The van der Waals surface area contributed by atoms with Crippen LogP contribution in [0.15, 0.2) is 18.2 Å². The third kappa shape index (κ3) is 7.54. The highest BCUT2D eigenvalue weighted by Crippen LogP contribution is 2.42. The Hall–Kier alpha value is -3.50. The van der Waals surface area contributed by atoms with Crippen LogP contribution < -0.4 is 16.8 Å². The third-order valence-corrected chi connectivity index (χ3v) is 7.57. The van der Waals surface area contributed by atoms with Crippen LogP contribution in [0.1, 0.15) is 84.5 Å². The zero-order valence-electron chi connectivity index (χ0n) is 23.8. The molecule has 2 atom stereocenters. The van der Waals surface area contributed by atoms with Crippen LogP contribution >= 0.6 is 0 Å². The van der Waals surface area contributed by atoms with Crippen LogP contribution in [-0.2, 0) is 32.2 Å². The second kappa shape index (κ2) is 11.2. The lowest BCUT2D eigenvalue weighted by Crippen LogP contribution is -2.41. The Bertz CT molecular complexity index is 1560. The maximum absolute atomic E-state index is 13.9. The largest absolute Gasteiger partial charge is 0.459 e. The molecule has 2 saturated carbocycles. The molecule has 236 valence electrons. The number of hydrogen-bond acceptors (Lipinski definition) is 9. The molecule has 3 aliphatic rings. The van der Waals surface area contributed by atoms with Gasteiger partial charge in [-0.3, -0.25) is 18.9 Å². The number of esters is 1. The molecule has 6 N–H and O–H groups in total. The Labute approximate surface area is 246 Å². The Kier molecular flexibility index (Phi) is 8.45. The molecule has 1 aromatic heterocycles. The summed E-state index contributed by atoms with van der Waals surface area (Å²) >= 11 is 0. The minimum atomic E-state index is -4.82. The van der Waals surface area contributed by atoms with E-state index in [4.69, 9.17) is 20.8 Å². The molecule has 5 rings (SSSR count). The SMILES string of the molecule is CC1(C)CC(=O)c2c(C(F)(F)F)nn(-c3ccc(C(N)=O)c(N[C@H]4CCC[C@@H]4OC(=O)C4(N)CC4)c3)c2C1.CS(=O)(=O)O. The highest BCUT2D eigenvalue weighted by atomic mass is 32.2. The van der Waals surface area contributed by atoms with Crippen molar-refractivity contribution >= 4 is 33.5 Å². The quantitative estimate of drug-likeness (QED) is 0.272. The number of halogens is 3. The summed E-state index contributed by atoms with van der Waals surface area (Å²) in [6.07, 6.45) is -1.27. The number of nitrogens with two attached hydrogens (primary N) is 2. The average molecular weight is 630 g/mol. The van der Waals surface area contributed by atoms with E-state index in [2.05, 4.69) is 10.4 Å². The van der Waals surface area contributed by atoms with Crippen LogP contribution in [0.2, 0.25) is 0 Å². The first-order valence-corrected chi connectivity index (χ1v) is 15.4. The van der Waals surface area contributed by atoms with Gasteiger partial charge in [0.2, 0.25) is 0 Å². The minimum Gasteiger partial charge on any atom is -0.459 e. The normalized spacial score (nSPS) is 22.2. The van der Waals surface area contributed by atoms with E-state index in [0.717, 1.165) is 11.1 Å². The van der Waals surface area contributed by atoms with E-state index in [0.29, 0.717) is 31.9 Å². The van der Waals surface area contributed by atoms with Crippen LogP contribution in [0.5, 0.6) is 0 Å². The van der Waals surface area contributed by atoms with Crippen molar-refractivity contribution < 1.29 is 45.3 Å². The number of Topliss-reactive ketones (excluding diaryl/α,β-unsaturated/α-hetero) is 1. The molecule has 2 fully saturated rings. The van der Waals surface area contributed by atoms with Gasteiger partial charge in [0.1, 0.15) is 11.6 Å². The number of amides is 1. The molecular formula is C27H34F3N5O7S. The predicted octanol–water partition coefficient (Wildman–Crippen LogP) is 3.02. The number of rotatable bonds is 6. The topological polar surface area (TPSA) is 197 Å². The van der Waals surface area contributed by atoms with Crippen molar-refractivity contribution in [1.29, 1.82) is 0 Å². The molecule has 1 heterocycles. The van der Waals surface area contributed by atoms with Gasteiger partial charge in [-0.05, 0) is 62.1 Å². The van der Waals surface area contributed by atoms with Gasteiger partial charge in [-0.15, -0.1) is 0 Å². The molecule has 16 heteroatoms. The number of carbonyl (C=O) groups is 3. The van der Waals surface area contributed by atoms with Gasteiger partial charge in [-0.25, -0.2) is 4.68 Å². The fourth-order valence-electron chi connectivity index (χ4n) is 5.38. The highest BCUT2D eigenvalue weighted by molar-refractivity contribution is 7.85. The number of anilines is 1. The standard InChI is InChI=1S/C26H30F3N5O4.CH4O3S/c1-24(2)11-17-20(18(35)12-24)21(26(27,28)29)33-34(17)13-6-7-14(22(30)36)16(10-13)32-15-4-3-5-19(15)38-23(37)25(31)8-9-25;1-5(2,3)4/h6-7,10,15,19,32H,3-5,8-9,11-12,31H2,1-2H3,(H2,30,36);1H3,(H,2,3,4)/t15-,19-;/m0./s1. The van der Waals surface area contributed by atoms with E-state index in [1.807, 2.05) is 13.8 Å². The van der Waals surface area contributed by atoms with Gasteiger partial charge < -0.3 is 21.5 Å². The van der Waals surface area contributed by atoms with Gasteiger partial charge in [-0.1, -0.05) is 13.8 Å². The Morgan fingerprint density at radius 2 is 1.81 bits per heavy atom. The summed E-state index contributed by atoms with van der Waals surface area (Å²) in [5, 5.41) is 7.05. The number of fused-ring (bicyclic) bond motifs is 1. The smallest absolute Gasteiger partial charge is 0.435 e. The van der Waals surface area contributed by atoms with Crippen LogP contribution in [0, 0.1) is 5.41 Å². The minimum absolute atomic E-state index is 0.0198. The molecule has 0 radical (unpaired) electrons. The van der Waals surface area contributed by atoms with Crippen molar-refractivity contribution in [3.05, 3.63) is 40.7 Å². The van der Waals surface area contributed by atoms with Crippen molar-refractivity contribution in [3.8, 4) is 5.69 Å². The second-order valence-corrected chi connectivity index (χ2v) is 13.6. The molecule has 3 aliphatic carbocycles. The first-order chi connectivity index (χ1) is 19.7. The molecule has 2 aromatic rings. The number of alkyl halides is 3. The van der Waals surface area contributed by atoms with Gasteiger partial charge in [-0.2, -0.15) is 26.7 Å². The number of hydrogen-bond donors (Lipinski definition) is 4. The van der Waals surface area contributed by atoms with Crippen LogP contribution in [0.4, 0.5) is 18.9 Å². The number of nitrogens with one attached hydrogen (secondary N) is 1. The molecular weight excluding hydrogens is 595 g/mol. The van der Waals surface area contributed by atoms with E-state index in [1.54, 1.807) is 0 Å². The number of ether oxygens (including phenoxy) is 1. The van der Waals surface area contributed by atoms with Gasteiger partial charge in [0.25, 0.3) is 16.0 Å². The lowest BCUT2D eigenvalue weighted by Gasteiger charge is -2.29. The number of ketones is 1. The third-order valence-electron chi connectivity index (χ3n) is 7.57. The monoisotopic (exact) mass is 629 g/mol. The Morgan fingerprint density at radius 3 is 2.37 bits per heavy atom. The first-order valence-electron chi connectivity index (χ1n) is 13.5. The van der Waals surface area contributed by atoms with E-state index in [-0.39, 0.29) is 41.5 Å². The molecule has 12 nitrogen and oxygen atoms in total. The summed E-state index contributed by atoms with van der Waals surface area (Å²) in [7, 11) is -3.67. The predicted molar refractivity (Wildman–Crippen MR) is 148 cm³/mol. The van der Waals surface area contributed by atoms with Crippen molar-refractivity contribution in [2.45, 2.75) is 82.7 Å². The van der Waals surface area contributed by atoms with E-state index < -0.39 is 62.3 Å². The number of primary amides is 1. The Morgan fingerprint density at radius 1 is 1.19 bits per heavy atom. The van der Waals surface area contributed by atoms with E-state index in [9.17, 15) is 36.0 Å². The Balaban J connectivity index is 0.000000782. The molecule has 0 saturated heterocycles. The van der Waals surface area contributed by atoms with Crippen molar-refractivity contribution in [2.24, 2.45) is 16.9 Å². The first kappa shape index (κ1) is 32.4.